The lowest BCUT2D eigenvalue weighted by molar-refractivity contribution is -0.216. The molecule has 2 rings (SSSR count). The number of rotatable bonds is 5. The summed E-state index contributed by atoms with van der Waals surface area (Å²) in [4.78, 5) is 13.9. The summed E-state index contributed by atoms with van der Waals surface area (Å²) in [5, 5.41) is 12.0. The minimum absolute atomic E-state index is 0.0219. The van der Waals surface area contributed by atoms with Crippen molar-refractivity contribution in [3.63, 3.8) is 0 Å². The van der Waals surface area contributed by atoms with Crippen LogP contribution in [0.1, 0.15) is 35.9 Å². The molecule has 6 heteroatoms. The van der Waals surface area contributed by atoms with Crippen LogP contribution in [0, 0.1) is 6.92 Å². The highest BCUT2D eigenvalue weighted by Crippen LogP contribution is 2.44. The van der Waals surface area contributed by atoms with E-state index in [0.29, 0.717) is 12.8 Å². The molecule has 1 aromatic rings. The molecule has 3 nitrogen and oxygen atoms in total. The molecule has 0 bridgehead atoms. The van der Waals surface area contributed by atoms with Crippen molar-refractivity contribution in [3.05, 3.63) is 21.9 Å². The van der Waals surface area contributed by atoms with Gasteiger partial charge in [-0.25, -0.2) is 0 Å². The van der Waals surface area contributed by atoms with Crippen LogP contribution in [-0.2, 0) is 11.2 Å². The van der Waals surface area contributed by atoms with E-state index in [4.69, 9.17) is 0 Å². The van der Waals surface area contributed by atoms with Gasteiger partial charge in [-0.2, -0.15) is 8.78 Å². The Kier molecular flexibility index (Phi) is 4.16. The van der Waals surface area contributed by atoms with Crippen LogP contribution >= 0.6 is 11.3 Å². The number of nitrogens with one attached hydrogen (secondary N) is 1. The molecular formula is C14H19F2NO2S. The van der Waals surface area contributed by atoms with Crippen LogP contribution in [0.4, 0.5) is 8.78 Å². The first-order valence-electron chi connectivity index (χ1n) is 6.71. The van der Waals surface area contributed by atoms with Gasteiger partial charge in [-0.3, -0.25) is 4.79 Å². The van der Waals surface area contributed by atoms with Crippen molar-refractivity contribution in [2.24, 2.45) is 0 Å². The van der Waals surface area contributed by atoms with Gasteiger partial charge in [0.15, 0.2) is 0 Å². The third-order valence-electron chi connectivity index (χ3n) is 3.73. The van der Waals surface area contributed by atoms with Crippen molar-refractivity contribution < 1.29 is 18.7 Å². The highest BCUT2D eigenvalue weighted by molar-refractivity contribution is 7.11. The fourth-order valence-electron chi connectivity index (χ4n) is 2.30. The molecule has 0 aliphatic heterocycles. The van der Waals surface area contributed by atoms with Gasteiger partial charge in [0, 0.05) is 22.2 Å². The summed E-state index contributed by atoms with van der Waals surface area (Å²) in [6.07, 6.45) is 1.000. The van der Waals surface area contributed by atoms with Crippen molar-refractivity contribution in [1.29, 1.82) is 0 Å². The van der Waals surface area contributed by atoms with Crippen molar-refractivity contribution in [3.8, 4) is 0 Å². The lowest BCUT2D eigenvalue weighted by atomic mass is 9.75. The number of hydrogen-bond donors (Lipinski definition) is 2. The van der Waals surface area contributed by atoms with E-state index in [1.54, 1.807) is 18.3 Å². The van der Waals surface area contributed by atoms with Crippen molar-refractivity contribution in [1.82, 2.24) is 5.32 Å². The Morgan fingerprint density at radius 2 is 2.20 bits per heavy atom. The number of hydrogen-bond acceptors (Lipinski definition) is 3. The lowest BCUT2D eigenvalue weighted by Crippen LogP contribution is -2.61. The van der Waals surface area contributed by atoms with Crippen LogP contribution in [0.25, 0.3) is 0 Å². The summed E-state index contributed by atoms with van der Waals surface area (Å²) in [5.74, 6) is -5.09. The normalized spacial score (nSPS) is 19.2. The number of alkyl halides is 2. The van der Waals surface area contributed by atoms with E-state index >= 15 is 0 Å². The summed E-state index contributed by atoms with van der Waals surface area (Å²) in [6, 6.07) is 3.50. The van der Waals surface area contributed by atoms with Crippen LogP contribution in [0.5, 0.6) is 0 Å². The molecule has 1 amide bonds. The first-order chi connectivity index (χ1) is 9.24. The maximum absolute atomic E-state index is 13.9. The topological polar surface area (TPSA) is 49.3 Å². The smallest absolute Gasteiger partial charge is 0.352 e. The number of aryl methyl sites for hydroxylation is 1. The monoisotopic (exact) mass is 303 g/mol. The molecule has 1 aromatic heterocycles. The van der Waals surface area contributed by atoms with Crippen LogP contribution in [0.2, 0.25) is 0 Å². The second-order valence-corrected chi connectivity index (χ2v) is 6.92. The molecule has 1 saturated carbocycles. The number of aliphatic hydroxyl groups is 1. The second-order valence-electron chi connectivity index (χ2n) is 5.55. The van der Waals surface area contributed by atoms with E-state index in [1.807, 2.05) is 19.1 Å². The largest absolute Gasteiger partial charge is 0.383 e. The standard InChI is InChI=1S/C14H19F2NO2S/c1-9(8-11-5-4-10(2)20-11)17-12(18)14(15,16)13(19)6-3-7-13/h4-5,9,19H,3,6-8H2,1-2H3,(H,17,18). The number of carbonyl (C=O) groups excluding carboxylic acids is 1. The minimum Gasteiger partial charge on any atom is -0.383 e. The van der Waals surface area contributed by atoms with Crippen LogP contribution in [-0.4, -0.2) is 28.6 Å². The highest BCUT2D eigenvalue weighted by Gasteiger charge is 2.61. The predicted molar refractivity (Wildman–Crippen MR) is 74.1 cm³/mol. The summed E-state index contributed by atoms with van der Waals surface area (Å²) < 4.78 is 27.8. The van der Waals surface area contributed by atoms with Gasteiger partial charge < -0.3 is 10.4 Å². The summed E-state index contributed by atoms with van der Waals surface area (Å²) in [5.41, 5.74) is -2.16. The van der Waals surface area contributed by atoms with E-state index in [-0.39, 0.29) is 12.8 Å². The molecule has 1 heterocycles. The fourth-order valence-corrected chi connectivity index (χ4v) is 3.32. The molecule has 1 atom stereocenters. The minimum atomic E-state index is -3.72. The molecule has 0 saturated heterocycles. The SMILES string of the molecule is Cc1ccc(CC(C)NC(=O)C(F)(F)C2(O)CCC2)s1. The third-order valence-corrected chi connectivity index (χ3v) is 4.75. The van der Waals surface area contributed by atoms with E-state index in [0.717, 1.165) is 9.75 Å². The van der Waals surface area contributed by atoms with Gasteiger partial charge >= 0.3 is 5.92 Å². The third kappa shape index (κ3) is 2.86. The van der Waals surface area contributed by atoms with Gasteiger partial charge in [0.25, 0.3) is 5.91 Å². The van der Waals surface area contributed by atoms with Crippen molar-refractivity contribution in [2.45, 2.75) is 57.1 Å². The molecular weight excluding hydrogens is 284 g/mol. The molecule has 112 valence electrons. The first-order valence-corrected chi connectivity index (χ1v) is 7.53. The Labute approximate surface area is 121 Å². The molecule has 2 N–H and O–H groups in total. The van der Waals surface area contributed by atoms with Crippen LogP contribution < -0.4 is 5.32 Å². The molecule has 0 aromatic carbocycles. The lowest BCUT2D eigenvalue weighted by Gasteiger charge is -2.41. The summed E-state index contributed by atoms with van der Waals surface area (Å²) in [7, 11) is 0. The maximum atomic E-state index is 13.9. The second kappa shape index (κ2) is 5.41. The summed E-state index contributed by atoms with van der Waals surface area (Å²) >= 11 is 1.58. The Morgan fingerprint density at radius 1 is 1.55 bits per heavy atom. The van der Waals surface area contributed by atoms with E-state index in [9.17, 15) is 18.7 Å². The highest BCUT2D eigenvalue weighted by atomic mass is 32.1. The number of thiophene rings is 1. The Hall–Kier alpha value is -1.01. The van der Waals surface area contributed by atoms with Gasteiger partial charge in [-0.15, -0.1) is 11.3 Å². The predicted octanol–water partition coefficient (Wildman–Crippen LogP) is 2.65. The van der Waals surface area contributed by atoms with E-state index in [1.165, 1.54) is 0 Å². The maximum Gasteiger partial charge on any atom is 0.352 e. The average molecular weight is 303 g/mol. The molecule has 1 aliphatic carbocycles. The average Bonchev–Trinajstić information content (AvgIpc) is 2.71. The van der Waals surface area contributed by atoms with Crippen LogP contribution in [0.15, 0.2) is 12.1 Å². The zero-order valence-electron chi connectivity index (χ0n) is 11.6. The number of halogens is 2. The number of carbonyl (C=O) groups is 1. The van der Waals surface area contributed by atoms with Gasteiger partial charge in [0.1, 0.15) is 5.60 Å². The zero-order chi connectivity index (χ0) is 15.0. The Bertz CT molecular complexity index is 497. The fraction of sp³-hybridized carbons (Fsp3) is 0.643. The molecule has 20 heavy (non-hydrogen) atoms. The Morgan fingerprint density at radius 3 is 2.65 bits per heavy atom. The first kappa shape index (κ1) is 15.4. The van der Waals surface area contributed by atoms with Crippen molar-refractivity contribution in [2.75, 3.05) is 0 Å². The van der Waals surface area contributed by atoms with Gasteiger partial charge in [-0.1, -0.05) is 0 Å². The quantitative estimate of drug-likeness (QED) is 0.878. The zero-order valence-corrected chi connectivity index (χ0v) is 12.4. The molecule has 0 spiro atoms. The molecule has 1 fully saturated rings. The molecule has 1 aliphatic rings. The number of amides is 1. The molecule has 1 unspecified atom stereocenters. The Balaban J connectivity index is 1.93. The summed E-state index contributed by atoms with van der Waals surface area (Å²) in [6.45, 7) is 3.66. The van der Waals surface area contributed by atoms with E-state index < -0.39 is 23.5 Å². The van der Waals surface area contributed by atoms with Gasteiger partial charge in [-0.05, 0) is 45.2 Å². The van der Waals surface area contributed by atoms with Crippen LogP contribution in [0.3, 0.4) is 0 Å². The van der Waals surface area contributed by atoms with Crippen molar-refractivity contribution >= 4 is 17.2 Å². The van der Waals surface area contributed by atoms with Gasteiger partial charge in [0.05, 0.1) is 0 Å². The molecule has 0 radical (unpaired) electrons. The van der Waals surface area contributed by atoms with Gasteiger partial charge in [0.2, 0.25) is 0 Å². The van der Waals surface area contributed by atoms with E-state index in [2.05, 4.69) is 5.32 Å².